The fraction of sp³-hybridized carbons (Fsp3) is 0.444. The summed E-state index contributed by atoms with van der Waals surface area (Å²) in [5.41, 5.74) is -0.187. The summed E-state index contributed by atoms with van der Waals surface area (Å²) in [6, 6.07) is 1.74. The van der Waals surface area contributed by atoms with E-state index in [2.05, 4.69) is 31.9 Å². The SMILES string of the molecule is CC1(C(=O)c2cc(Br)sc2Br)CC1F. The van der Waals surface area contributed by atoms with E-state index in [9.17, 15) is 9.18 Å². The Balaban J connectivity index is 2.33. The smallest absolute Gasteiger partial charge is 0.173 e. The minimum Gasteiger partial charge on any atom is -0.293 e. The van der Waals surface area contributed by atoms with E-state index in [1.807, 2.05) is 0 Å². The maximum Gasteiger partial charge on any atom is 0.173 e. The van der Waals surface area contributed by atoms with Crippen LogP contribution in [-0.4, -0.2) is 12.0 Å². The molecular weight excluding hydrogens is 335 g/mol. The lowest BCUT2D eigenvalue weighted by molar-refractivity contribution is 0.0893. The van der Waals surface area contributed by atoms with Gasteiger partial charge in [-0.25, -0.2) is 4.39 Å². The van der Waals surface area contributed by atoms with Crippen LogP contribution in [0.15, 0.2) is 13.6 Å². The largest absolute Gasteiger partial charge is 0.293 e. The lowest BCUT2D eigenvalue weighted by Gasteiger charge is -2.05. The third-order valence-corrected chi connectivity index (χ3v) is 4.89. The van der Waals surface area contributed by atoms with Crippen LogP contribution < -0.4 is 0 Å². The monoisotopic (exact) mass is 340 g/mol. The van der Waals surface area contributed by atoms with Gasteiger partial charge in [0.15, 0.2) is 5.78 Å². The first-order valence-electron chi connectivity index (χ1n) is 4.09. The molecule has 1 aromatic heterocycles. The number of rotatable bonds is 2. The number of halogens is 3. The molecule has 1 aromatic rings. The Morgan fingerprint density at radius 1 is 1.71 bits per heavy atom. The molecule has 76 valence electrons. The van der Waals surface area contributed by atoms with E-state index in [4.69, 9.17) is 0 Å². The van der Waals surface area contributed by atoms with Crippen LogP contribution in [0.1, 0.15) is 23.7 Å². The Hall–Kier alpha value is 0.260. The van der Waals surface area contributed by atoms with Crippen molar-refractivity contribution in [3.05, 3.63) is 19.2 Å². The van der Waals surface area contributed by atoms with Gasteiger partial charge in [-0.15, -0.1) is 11.3 Å². The van der Waals surface area contributed by atoms with Crippen LogP contribution in [-0.2, 0) is 0 Å². The second-order valence-corrected chi connectivity index (χ2v) is 7.41. The molecule has 1 saturated carbocycles. The average Bonchev–Trinajstić information content (AvgIpc) is 2.54. The zero-order chi connectivity index (χ0) is 10.5. The molecule has 2 unspecified atom stereocenters. The molecule has 2 atom stereocenters. The topological polar surface area (TPSA) is 17.1 Å². The molecule has 1 aliphatic rings. The predicted molar refractivity (Wildman–Crippen MR) is 61.7 cm³/mol. The molecule has 14 heavy (non-hydrogen) atoms. The van der Waals surface area contributed by atoms with Crippen molar-refractivity contribution in [3.8, 4) is 0 Å². The summed E-state index contributed by atoms with van der Waals surface area (Å²) in [7, 11) is 0. The summed E-state index contributed by atoms with van der Waals surface area (Å²) in [5.74, 6) is -0.0983. The van der Waals surface area contributed by atoms with Crippen LogP contribution in [0.4, 0.5) is 4.39 Å². The number of Topliss-reactive ketones (excluding diaryl/α,β-unsaturated/α-hetero) is 1. The zero-order valence-corrected chi connectivity index (χ0v) is 11.3. The van der Waals surface area contributed by atoms with Crippen molar-refractivity contribution in [2.24, 2.45) is 5.41 Å². The van der Waals surface area contributed by atoms with Crippen molar-refractivity contribution in [1.29, 1.82) is 0 Å². The first-order chi connectivity index (χ1) is 6.45. The summed E-state index contributed by atoms with van der Waals surface area (Å²) < 4.78 is 14.6. The Labute approximate surface area is 102 Å². The summed E-state index contributed by atoms with van der Waals surface area (Å²) in [5, 5.41) is 0. The molecule has 1 aliphatic carbocycles. The van der Waals surface area contributed by atoms with Gasteiger partial charge in [-0.1, -0.05) is 0 Å². The summed E-state index contributed by atoms with van der Waals surface area (Å²) in [6.45, 7) is 1.68. The van der Waals surface area contributed by atoms with Crippen LogP contribution >= 0.6 is 43.2 Å². The normalized spacial score (nSPS) is 30.4. The van der Waals surface area contributed by atoms with Crippen LogP contribution in [0.5, 0.6) is 0 Å². The number of hydrogen-bond acceptors (Lipinski definition) is 2. The van der Waals surface area contributed by atoms with Crippen LogP contribution in [0.2, 0.25) is 0 Å². The fourth-order valence-corrected chi connectivity index (χ4v) is 4.14. The third-order valence-electron chi connectivity index (χ3n) is 2.55. The lowest BCUT2D eigenvalue weighted by Crippen LogP contribution is -2.14. The van der Waals surface area contributed by atoms with E-state index in [0.717, 1.165) is 7.57 Å². The molecule has 0 N–H and O–H groups in total. The second-order valence-electron chi connectivity index (χ2n) is 3.66. The molecule has 0 radical (unpaired) electrons. The first kappa shape index (κ1) is 10.8. The third kappa shape index (κ3) is 1.59. The number of ketones is 1. The highest BCUT2D eigenvalue weighted by Gasteiger charge is 2.57. The Morgan fingerprint density at radius 2 is 2.29 bits per heavy atom. The molecule has 0 amide bonds. The second kappa shape index (κ2) is 3.39. The van der Waals surface area contributed by atoms with Gasteiger partial charge in [0.05, 0.1) is 13.0 Å². The van der Waals surface area contributed by atoms with Gasteiger partial charge in [-0.2, -0.15) is 0 Å². The molecule has 0 spiro atoms. The highest BCUT2D eigenvalue weighted by Crippen LogP contribution is 2.51. The first-order valence-corrected chi connectivity index (χ1v) is 6.49. The maximum atomic E-state index is 13.0. The van der Waals surface area contributed by atoms with Gasteiger partial charge in [-0.3, -0.25) is 4.79 Å². The maximum absolute atomic E-state index is 13.0. The number of carbonyl (C=O) groups excluding carboxylic acids is 1. The number of carbonyl (C=O) groups is 1. The quantitative estimate of drug-likeness (QED) is 0.736. The van der Waals surface area contributed by atoms with Gasteiger partial charge >= 0.3 is 0 Å². The van der Waals surface area contributed by atoms with Crippen molar-refractivity contribution in [1.82, 2.24) is 0 Å². The van der Waals surface area contributed by atoms with Crippen LogP contribution in [0.3, 0.4) is 0 Å². The van der Waals surface area contributed by atoms with Crippen molar-refractivity contribution in [2.75, 3.05) is 0 Å². The summed E-state index contributed by atoms with van der Waals surface area (Å²) in [6.07, 6.45) is -0.619. The fourth-order valence-electron chi connectivity index (χ4n) is 1.35. The minimum atomic E-state index is -0.972. The van der Waals surface area contributed by atoms with Crippen molar-refractivity contribution in [3.63, 3.8) is 0 Å². The molecule has 1 heterocycles. The standard InChI is InChI=1S/C9H7Br2FOS/c1-9(3-5(9)12)7(13)4-2-6(10)14-8(4)11/h2,5H,3H2,1H3. The average molecular weight is 342 g/mol. The van der Waals surface area contributed by atoms with E-state index < -0.39 is 11.6 Å². The van der Waals surface area contributed by atoms with Gasteiger partial charge in [-0.05, 0) is 51.3 Å². The van der Waals surface area contributed by atoms with Crippen molar-refractivity contribution in [2.45, 2.75) is 19.5 Å². The van der Waals surface area contributed by atoms with Gasteiger partial charge in [0.1, 0.15) is 6.17 Å². The van der Waals surface area contributed by atoms with E-state index in [-0.39, 0.29) is 5.78 Å². The summed E-state index contributed by atoms with van der Waals surface area (Å²) in [4.78, 5) is 11.9. The highest BCUT2D eigenvalue weighted by molar-refractivity contribution is 9.12. The van der Waals surface area contributed by atoms with E-state index in [0.29, 0.717) is 12.0 Å². The number of alkyl halides is 1. The van der Waals surface area contributed by atoms with Gasteiger partial charge < -0.3 is 0 Å². The van der Waals surface area contributed by atoms with Crippen LogP contribution in [0.25, 0.3) is 0 Å². The molecule has 1 fully saturated rings. The lowest BCUT2D eigenvalue weighted by atomic mass is 9.99. The molecule has 1 nitrogen and oxygen atoms in total. The highest BCUT2D eigenvalue weighted by atomic mass is 79.9. The van der Waals surface area contributed by atoms with E-state index in [1.165, 1.54) is 11.3 Å². The zero-order valence-electron chi connectivity index (χ0n) is 7.31. The van der Waals surface area contributed by atoms with Crippen molar-refractivity contribution >= 4 is 49.0 Å². The minimum absolute atomic E-state index is 0.0983. The van der Waals surface area contributed by atoms with Gasteiger partial charge in [0.2, 0.25) is 0 Å². The van der Waals surface area contributed by atoms with Gasteiger partial charge in [0, 0.05) is 5.56 Å². The molecule has 0 aliphatic heterocycles. The Morgan fingerprint density at radius 3 is 2.64 bits per heavy atom. The molecule has 0 saturated heterocycles. The molecule has 5 heteroatoms. The number of thiophene rings is 1. The molecule has 2 rings (SSSR count). The van der Waals surface area contributed by atoms with E-state index in [1.54, 1.807) is 13.0 Å². The van der Waals surface area contributed by atoms with E-state index >= 15 is 0 Å². The predicted octanol–water partition coefficient (Wildman–Crippen LogP) is 4.20. The van der Waals surface area contributed by atoms with Crippen LogP contribution in [0, 0.1) is 5.41 Å². The Bertz CT molecular complexity index is 404. The van der Waals surface area contributed by atoms with Crippen molar-refractivity contribution < 1.29 is 9.18 Å². The molecule has 0 bridgehead atoms. The molecular formula is C9H7Br2FOS. The number of hydrogen-bond donors (Lipinski definition) is 0. The molecule has 0 aromatic carbocycles. The Kier molecular flexibility index (Phi) is 2.60. The van der Waals surface area contributed by atoms with Gasteiger partial charge in [0.25, 0.3) is 0 Å². The summed E-state index contributed by atoms with van der Waals surface area (Å²) >= 11 is 8.03.